The van der Waals surface area contributed by atoms with Gasteiger partial charge in [-0.25, -0.2) is 8.78 Å². The molecule has 0 radical (unpaired) electrons. The van der Waals surface area contributed by atoms with Gasteiger partial charge in [-0.15, -0.1) is 24.0 Å². The molecule has 0 fully saturated rings. The van der Waals surface area contributed by atoms with Crippen molar-refractivity contribution in [3.63, 3.8) is 0 Å². The van der Waals surface area contributed by atoms with Gasteiger partial charge in [0.25, 0.3) is 0 Å². The molecule has 1 heterocycles. The van der Waals surface area contributed by atoms with E-state index >= 15 is 0 Å². The molecule has 4 nitrogen and oxygen atoms in total. The van der Waals surface area contributed by atoms with Gasteiger partial charge in [0.05, 0.1) is 0 Å². The number of guanidine groups is 1. The second-order valence-corrected chi connectivity index (χ2v) is 5.28. The third-order valence-electron chi connectivity index (χ3n) is 3.51. The molecule has 0 aliphatic rings. The van der Waals surface area contributed by atoms with Gasteiger partial charge < -0.3 is 15.1 Å². The molecule has 1 aromatic heterocycles. The number of rotatable bonds is 5. The van der Waals surface area contributed by atoms with Crippen molar-refractivity contribution >= 4 is 29.9 Å². The predicted octanol–water partition coefficient (Wildman–Crippen LogP) is 3.70. The minimum atomic E-state index is -0.435. The fourth-order valence-corrected chi connectivity index (χ4v) is 2.31. The van der Waals surface area contributed by atoms with E-state index in [1.807, 2.05) is 19.9 Å². The van der Waals surface area contributed by atoms with Gasteiger partial charge in [-0.2, -0.15) is 0 Å². The first kappa shape index (κ1) is 20.4. The van der Waals surface area contributed by atoms with Crippen LogP contribution in [-0.2, 0) is 13.0 Å². The third kappa shape index (κ3) is 5.77. The van der Waals surface area contributed by atoms with E-state index in [4.69, 9.17) is 4.42 Å². The molecule has 0 saturated carbocycles. The van der Waals surface area contributed by atoms with Crippen LogP contribution in [0.5, 0.6) is 0 Å². The van der Waals surface area contributed by atoms with Gasteiger partial charge in [0, 0.05) is 25.7 Å². The Kier molecular flexibility index (Phi) is 8.17. The Balaban J connectivity index is 0.00000288. The van der Waals surface area contributed by atoms with Gasteiger partial charge in [-0.1, -0.05) is 0 Å². The predicted molar refractivity (Wildman–Crippen MR) is 102 cm³/mol. The topological polar surface area (TPSA) is 49.6 Å². The standard InChI is InChI=1S/C17H21F2N3O.HI/c1-11-8-14(12(2)23-11)10-22-17(20-3)21-7-6-13-9-15(18)4-5-16(13)19;/h4-5,8-9H,6-7,10H2,1-3H3,(H2,20,21,22);1H. The number of furan rings is 1. The van der Waals surface area contributed by atoms with E-state index in [1.165, 1.54) is 6.07 Å². The summed E-state index contributed by atoms with van der Waals surface area (Å²) in [6.45, 7) is 4.84. The first-order valence-electron chi connectivity index (χ1n) is 7.44. The number of aryl methyl sites for hydroxylation is 2. The molecule has 1 aromatic carbocycles. The second-order valence-electron chi connectivity index (χ2n) is 5.28. The van der Waals surface area contributed by atoms with Crippen LogP contribution in [-0.4, -0.2) is 19.6 Å². The molecular formula is C17H22F2IN3O. The summed E-state index contributed by atoms with van der Waals surface area (Å²) in [7, 11) is 1.66. The van der Waals surface area contributed by atoms with Gasteiger partial charge in [0.15, 0.2) is 5.96 Å². The molecule has 2 rings (SSSR count). The molecule has 0 bridgehead atoms. The van der Waals surface area contributed by atoms with Crippen LogP contribution in [0, 0.1) is 25.5 Å². The maximum atomic E-state index is 13.5. The van der Waals surface area contributed by atoms with Gasteiger partial charge >= 0.3 is 0 Å². The average molecular weight is 449 g/mol. The fourth-order valence-electron chi connectivity index (χ4n) is 2.31. The molecule has 0 saturated heterocycles. The van der Waals surface area contributed by atoms with E-state index in [-0.39, 0.29) is 24.0 Å². The highest BCUT2D eigenvalue weighted by Crippen LogP contribution is 2.13. The monoisotopic (exact) mass is 449 g/mol. The van der Waals surface area contributed by atoms with Crippen molar-refractivity contribution in [2.75, 3.05) is 13.6 Å². The van der Waals surface area contributed by atoms with Crippen molar-refractivity contribution in [3.05, 3.63) is 58.5 Å². The lowest BCUT2D eigenvalue weighted by Crippen LogP contribution is -2.38. The van der Waals surface area contributed by atoms with Crippen LogP contribution in [0.1, 0.15) is 22.6 Å². The zero-order chi connectivity index (χ0) is 16.8. The summed E-state index contributed by atoms with van der Waals surface area (Å²) in [5.41, 5.74) is 1.40. The number of benzene rings is 1. The number of hydrogen-bond acceptors (Lipinski definition) is 2. The van der Waals surface area contributed by atoms with Crippen LogP contribution in [0.4, 0.5) is 8.78 Å². The van der Waals surface area contributed by atoms with Crippen LogP contribution in [0.15, 0.2) is 33.7 Å². The first-order chi connectivity index (χ1) is 11.0. The van der Waals surface area contributed by atoms with E-state index < -0.39 is 11.6 Å². The Morgan fingerprint density at radius 1 is 1.12 bits per heavy atom. The molecule has 0 amide bonds. The minimum Gasteiger partial charge on any atom is -0.466 e. The first-order valence-corrected chi connectivity index (χ1v) is 7.44. The molecule has 0 unspecified atom stereocenters. The molecule has 132 valence electrons. The molecule has 0 spiro atoms. The molecular weight excluding hydrogens is 427 g/mol. The van der Waals surface area contributed by atoms with Gasteiger partial charge in [0.1, 0.15) is 23.2 Å². The quantitative estimate of drug-likeness (QED) is 0.416. The smallest absolute Gasteiger partial charge is 0.191 e. The highest BCUT2D eigenvalue weighted by atomic mass is 127. The molecule has 2 aromatic rings. The zero-order valence-electron chi connectivity index (χ0n) is 14.0. The summed E-state index contributed by atoms with van der Waals surface area (Å²) in [6.07, 6.45) is 0.369. The largest absolute Gasteiger partial charge is 0.466 e. The van der Waals surface area contributed by atoms with Crippen LogP contribution in [0.2, 0.25) is 0 Å². The lowest BCUT2D eigenvalue weighted by Gasteiger charge is -2.12. The molecule has 0 atom stereocenters. The summed E-state index contributed by atoms with van der Waals surface area (Å²) in [5, 5.41) is 6.24. The SMILES string of the molecule is CN=C(NCCc1cc(F)ccc1F)NCc1cc(C)oc1C.I. The summed E-state index contributed by atoms with van der Waals surface area (Å²) in [4.78, 5) is 4.11. The van der Waals surface area contributed by atoms with Crippen molar-refractivity contribution < 1.29 is 13.2 Å². The maximum absolute atomic E-state index is 13.5. The normalized spacial score (nSPS) is 11.1. The third-order valence-corrected chi connectivity index (χ3v) is 3.51. The summed E-state index contributed by atoms with van der Waals surface area (Å²) >= 11 is 0. The van der Waals surface area contributed by atoms with E-state index in [0.29, 0.717) is 31.0 Å². The Hall–Kier alpha value is -1.64. The Labute approximate surface area is 157 Å². The van der Waals surface area contributed by atoms with E-state index in [1.54, 1.807) is 7.05 Å². The molecule has 2 N–H and O–H groups in total. The lowest BCUT2D eigenvalue weighted by molar-refractivity contribution is 0.500. The Morgan fingerprint density at radius 2 is 1.88 bits per heavy atom. The van der Waals surface area contributed by atoms with Crippen LogP contribution in [0.3, 0.4) is 0 Å². The number of nitrogens with zero attached hydrogens (tertiary/aromatic N) is 1. The van der Waals surface area contributed by atoms with Crippen LogP contribution < -0.4 is 10.6 Å². The fraction of sp³-hybridized carbons (Fsp3) is 0.353. The highest BCUT2D eigenvalue weighted by molar-refractivity contribution is 14.0. The van der Waals surface area contributed by atoms with Crippen molar-refractivity contribution in [2.45, 2.75) is 26.8 Å². The molecule has 7 heteroatoms. The number of nitrogens with one attached hydrogen (secondary N) is 2. The lowest BCUT2D eigenvalue weighted by atomic mass is 10.1. The van der Waals surface area contributed by atoms with Gasteiger partial charge in [-0.05, 0) is 50.1 Å². The summed E-state index contributed by atoms with van der Waals surface area (Å²) in [6, 6.07) is 5.44. The van der Waals surface area contributed by atoms with E-state index in [2.05, 4.69) is 15.6 Å². The average Bonchev–Trinajstić information content (AvgIpc) is 2.84. The number of aliphatic imine (C=N–C) groups is 1. The van der Waals surface area contributed by atoms with Gasteiger partial charge in [-0.3, -0.25) is 4.99 Å². The summed E-state index contributed by atoms with van der Waals surface area (Å²) in [5.74, 6) is 1.49. The Bertz CT molecular complexity index is 701. The Morgan fingerprint density at radius 3 is 2.50 bits per heavy atom. The van der Waals surface area contributed by atoms with Crippen LogP contribution >= 0.6 is 24.0 Å². The van der Waals surface area contributed by atoms with Crippen molar-refractivity contribution in [1.82, 2.24) is 10.6 Å². The minimum absolute atomic E-state index is 0. The number of halogens is 3. The molecule has 0 aliphatic heterocycles. The highest BCUT2D eigenvalue weighted by Gasteiger charge is 2.07. The van der Waals surface area contributed by atoms with E-state index in [9.17, 15) is 8.78 Å². The molecule has 24 heavy (non-hydrogen) atoms. The summed E-state index contributed by atoms with van der Waals surface area (Å²) < 4.78 is 32.1. The zero-order valence-corrected chi connectivity index (χ0v) is 16.3. The van der Waals surface area contributed by atoms with Crippen LogP contribution in [0.25, 0.3) is 0 Å². The number of hydrogen-bond donors (Lipinski definition) is 2. The van der Waals surface area contributed by atoms with Crippen molar-refractivity contribution in [2.24, 2.45) is 4.99 Å². The maximum Gasteiger partial charge on any atom is 0.191 e. The van der Waals surface area contributed by atoms with Crippen molar-refractivity contribution in [3.8, 4) is 0 Å². The van der Waals surface area contributed by atoms with E-state index in [0.717, 1.165) is 29.2 Å². The molecule has 0 aliphatic carbocycles. The van der Waals surface area contributed by atoms with Gasteiger partial charge in [0.2, 0.25) is 0 Å². The van der Waals surface area contributed by atoms with Crippen molar-refractivity contribution in [1.29, 1.82) is 0 Å². The second kappa shape index (κ2) is 9.61.